The van der Waals surface area contributed by atoms with E-state index < -0.39 is 5.97 Å². The second-order valence-electron chi connectivity index (χ2n) is 4.31. The van der Waals surface area contributed by atoms with Gasteiger partial charge in [-0.05, 0) is 49.8 Å². The molecule has 0 aliphatic carbocycles. The Kier molecular flexibility index (Phi) is 3.90. The first-order valence-electron chi connectivity index (χ1n) is 5.85. The van der Waals surface area contributed by atoms with Gasteiger partial charge in [-0.2, -0.15) is 0 Å². The molecule has 1 aromatic carbocycles. The van der Waals surface area contributed by atoms with Crippen molar-refractivity contribution < 1.29 is 9.90 Å². The summed E-state index contributed by atoms with van der Waals surface area (Å²) in [5.41, 5.74) is 4.06. The van der Waals surface area contributed by atoms with Gasteiger partial charge in [0.15, 0.2) is 0 Å². The van der Waals surface area contributed by atoms with E-state index in [1.165, 1.54) is 0 Å². The number of aryl methyl sites for hydroxylation is 1. The highest BCUT2D eigenvalue weighted by molar-refractivity contribution is 9.10. The van der Waals surface area contributed by atoms with Crippen LogP contribution in [0.4, 0.5) is 0 Å². The highest BCUT2D eigenvalue weighted by Crippen LogP contribution is 2.23. The number of carbonyl (C=O) groups is 1. The van der Waals surface area contributed by atoms with Crippen LogP contribution < -0.4 is 0 Å². The van der Waals surface area contributed by atoms with E-state index in [1.54, 1.807) is 6.08 Å². The fourth-order valence-corrected chi connectivity index (χ4v) is 2.52. The predicted octanol–water partition coefficient (Wildman–Crippen LogP) is 3.95. The van der Waals surface area contributed by atoms with Gasteiger partial charge in [-0.1, -0.05) is 22.0 Å². The summed E-state index contributed by atoms with van der Waals surface area (Å²) in [6, 6.07) is 9.99. The maximum Gasteiger partial charge on any atom is 0.328 e. The van der Waals surface area contributed by atoms with Crippen LogP contribution in [0.1, 0.15) is 17.0 Å². The van der Waals surface area contributed by atoms with Gasteiger partial charge in [0.1, 0.15) is 0 Å². The van der Waals surface area contributed by atoms with Crippen molar-refractivity contribution in [2.75, 3.05) is 0 Å². The summed E-state index contributed by atoms with van der Waals surface area (Å²) in [6.45, 7) is 3.99. The van der Waals surface area contributed by atoms with Crippen LogP contribution in [0.15, 0.2) is 40.9 Å². The van der Waals surface area contributed by atoms with Gasteiger partial charge in [0.05, 0.1) is 0 Å². The van der Waals surface area contributed by atoms with Crippen LogP contribution in [0.2, 0.25) is 0 Å². The van der Waals surface area contributed by atoms with E-state index in [0.29, 0.717) is 0 Å². The molecule has 0 unspecified atom stereocenters. The molecule has 19 heavy (non-hydrogen) atoms. The quantitative estimate of drug-likeness (QED) is 0.870. The van der Waals surface area contributed by atoms with E-state index in [9.17, 15) is 4.79 Å². The molecule has 1 heterocycles. The topological polar surface area (TPSA) is 42.2 Å². The van der Waals surface area contributed by atoms with Crippen LogP contribution in [0.5, 0.6) is 0 Å². The summed E-state index contributed by atoms with van der Waals surface area (Å²) >= 11 is 3.46. The zero-order chi connectivity index (χ0) is 14.0. The minimum Gasteiger partial charge on any atom is -0.478 e. The minimum atomic E-state index is -0.938. The lowest BCUT2D eigenvalue weighted by Gasteiger charge is -2.09. The number of hydrogen-bond acceptors (Lipinski definition) is 1. The van der Waals surface area contributed by atoms with Gasteiger partial charge in [0, 0.05) is 27.6 Å². The summed E-state index contributed by atoms with van der Waals surface area (Å²) in [6.07, 6.45) is 2.78. The fourth-order valence-electron chi connectivity index (χ4n) is 2.13. The number of carboxylic acid groups (broad SMARTS) is 1. The molecule has 0 aliphatic rings. The maximum atomic E-state index is 10.6. The SMILES string of the molecule is Cc1cc(/C=C/C(=O)O)c(C)n1-c1cccc(Br)c1. The number of benzene rings is 1. The van der Waals surface area contributed by atoms with Crippen LogP contribution in [-0.2, 0) is 4.79 Å². The molecule has 1 aromatic heterocycles. The van der Waals surface area contributed by atoms with Crippen molar-refractivity contribution in [1.82, 2.24) is 4.57 Å². The van der Waals surface area contributed by atoms with Crippen LogP contribution >= 0.6 is 15.9 Å². The largest absolute Gasteiger partial charge is 0.478 e. The average molecular weight is 320 g/mol. The van der Waals surface area contributed by atoms with E-state index in [2.05, 4.69) is 20.5 Å². The van der Waals surface area contributed by atoms with Crippen molar-refractivity contribution in [3.8, 4) is 5.69 Å². The number of carboxylic acids is 1. The summed E-state index contributed by atoms with van der Waals surface area (Å²) < 4.78 is 3.12. The molecular weight excluding hydrogens is 306 g/mol. The molecule has 0 saturated heterocycles. The molecule has 0 spiro atoms. The van der Waals surface area contributed by atoms with Crippen LogP contribution in [0.25, 0.3) is 11.8 Å². The van der Waals surface area contributed by atoms with Crippen molar-refractivity contribution in [1.29, 1.82) is 0 Å². The molecule has 1 N–H and O–H groups in total. The first-order valence-corrected chi connectivity index (χ1v) is 6.64. The molecule has 0 atom stereocenters. The first kappa shape index (κ1) is 13.6. The Morgan fingerprint density at radius 2 is 2.05 bits per heavy atom. The molecule has 0 fully saturated rings. The van der Waals surface area contributed by atoms with E-state index in [1.807, 2.05) is 44.2 Å². The van der Waals surface area contributed by atoms with Gasteiger partial charge < -0.3 is 9.67 Å². The number of hydrogen-bond donors (Lipinski definition) is 1. The van der Waals surface area contributed by atoms with Crippen molar-refractivity contribution in [2.45, 2.75) is 13.8 Å². The number of rotatable bonds is 3. The van der Waals surface area contributed by atoms with Gasteiger partial charge in [-0.25, -0.2) is 4.79 Å². The van der Waals surface area contributed by atoms with Crippen molar-refractivity contribution in [3.63, 3.8) is 0 Å². The third-order valence-electron chi connectivity index (χ3n) is 2.94. The fraction of sp³-hybridized carbons (Fsp3) is 0.133. The lowest BCUT2D eigenvalue weighted by Crippen LogP contribution is -1.98. The molecule has 0 saturated carbocycles. The Bertz CT molecular complexity index is 656. The van der Waals surface area contributed by atoms with Crippen molar-refractivity contribution in [2.24, 2.45) is 0 Å². The Balaban J connectivity index is 2.51. The van der Waals surface area contributed by atoms with Crippen LogP contribution in [-0.4, -0.2) is 15.6 Å². The zero-order valence-corrected chi connectivity index (χ0v) is 12.3. The van der Waals surface area contributed by atoms with Gasteiger partial charge in [-0.3, -0.25) is 0 Å². The molecule has 0 radical (unpaired) electrons. The van der Waals surface area contributed by atoms with Crippen molar-refractivity contribution >= 4 is 28.0 Å². The third-order valence-corrected chi connectivity index (χ3v) is 3.44. The van der Waals surface area contributed by atoms with E-state index in [0.717, 1.165) is 33.2 Å². The smallest absolute Gasteiger partial charge is 0.328 e. The van der Waals surface area contributed by atoms with Crippen LogP contribution in [0, 0.1) is 13.8 Å². The number of aromatic nitrogens is 1. The van der Waals surface area contributed by atoms with E-state index >= 15 is 0 Å². The Morgan fingerprint density at radius 1 is 1.32 bits per heavy atom. The third kappa shape index (κ3) is 2.96. The highest BCUT2D eigenvalue weighted by atomic mass is 79.9. The maximum absolute atomic E-state index is 10.6. The Morgan fingerprint density at radius 3 is 2.68 bits per heavy atom. The van der Waals surface area contributed by atoms with Gasteiger partial charge in [0.2, 0.25) is 0 Å². The number of halogens is 1. The number of aliphatic carboxylic acids is 1. The normalized spacial score (nSPS) is 11.1. The van der Waals surface area contributed by atoms with E-state index in [4.69, 9.17) is 5.11 Å². The van der Waals surface area contributed by atoms with Crippen molar-refractivity contribution in [3.05, 3.63) is 57.8 Å². The highest BCUT2D eigenvalue weighted by Gasteiger charge is 2.09. The molecular formula is C15H14BrNO2. The van der Waals surface area contributed by atoms with Crippen LogP contribution in [0.3, 0.4) is 0 Å². The molecule has 0 bridgehead atoms. The van der Waals surface area contributed by atoms with Gasteiger partial charge in [0.25, 0.3) is 0 Å². The minimum absolute atomic E-state index is 0.917. The lowest BCUT2D eigenvalue weighted by molar-refractivity contribution is -0.131. The monoisotopic (exact) mass is 319 g/mol. The molecule has 0 amide bonds. The van der Waals surface area contributed by atoms with Gasteiger partial charge in [-0.15, -0.1) is 0 Å². The number of nitrogens with zero attached hydrogens (tertiary/aromatic N) is 1. The Hall–Kier alpha value is -1.81. The molecule has 3 nitrogen and oxygen atoms in total. The molecule has 2 aromatic rings. The second-order valence-corrected chi connectivity index (χ2v) is 5.23. The summed E-state index contributed by atoms with van der Waals surface area (Å²) in [5, 5.41) is 8.70. The summed E-state index contributed by atoms with van der Waals surface area (Å²) in [7, 11) is 0. The predicted molar refractivity (Wildman–Crippen MR) is 79.6 cm³/mol. The lowest BCUT2D eigenvalue weighted by atomic mass is 10.2. The second kappa shape index (κ2) is 5.45. The summed E-state index contributed by atoms with van der Waals surface area (Å²) in [4.78, 5) is 10.6. The summed E-state index contributed by atoms with van der Waals surface area (Å²) in [5.74, 6) is -0.938. The zero-order valence-electron chi connectivity index (χ0n) is 10.7. The molecule has 2 rings (SSSR count). The standard InChI is InChI=1S/C15H14BrNO2/c1-10-8-12(6-7-15(18)19)11(2)17(10)14-5-3-4-13(16)9-14/h3-9H,1-2H3,(H,18,19)/b7-6+. The molecule has 4 heteroatoms. The molecule has 0 aliphatic heterocycles. The van der Waals surface area contributed by atoms with Gasteiger partial charge >= 0.3 is 5.97 Å². The first-order chi connectivity index (χ1) is 8.99. The van der Waals surface area contributed by atoms with E-state index in [-0.39, 0.29) is 0 Å². The Labute approximate surface area is 120 Å². The average Bonchev–Trinajstić information content (AvgIpc) is 2.62. The molecule has 98 valence electrons.